The van der Waals surface area contributed by atoms with Crippen molar-refractivity contribution < 1.29 is 17.9 Å². The zero-order valence-electron chi connectivity index (χ0n) is 12.8. The van der Waals surface area contributed by atoms with Crippen LogP contribution in [0.15, 0.2) is 42.7 Å². The number of ether oxygens (including phenoxy) is 1. The van der Waals surface area contributed by atoms with Gasteiger partial charge in [0.05, 0.1) is 24.3 Å². The van der Waals surface area contributed by atoms with E-state index in [0.717, 1.165) is 12.1 Å². The van der Waals surface area contributed by atoms with Crippen LogP contribution in [0, 0.1) is 0 Å². The molecule has 2 atom stereocenters. The number of aromatic nitrogens is 2. The lowest BCUT2D eigenvalue weighted by Gasteiger charge is -2.20. The standard InChI is InChI=1S/C16H17F3N4O/c17-16(18,19)12-4-2-11(3-5-12)10-24-14-9-20-8-13(14)23-15-21-6-1-7-22-15/h1-7,13-14,20H,8-10H2,(H,21,22,23). The Morgan fingerprint density at radius 1 is 1.12 bits per heavy atom. The summed E-state index contributed by atoms with van der Waals surface area (Å²) in [4.78, 5) is 8.23. The van der Waals surface area contributed by atoms with Crippen molar-refractivity contribution in [1.82, 2.24) is 15.3 Å². The Balaban J connectivity index is 1.55. The summed E-state index contributed by atoms with van der Waals surface area (Å²) in [7, 11) is 0. The van der Waals surface area contributed by atoms with Crippen LogP contribution >= 0.6 is 0 Å². The van der Waals surface area contributed by atoms with Gasteiger partial charge in [-0.05, 0) is 23.8 Å². The molecule has 8 heteroatoms. The lowest BCUT2D eigenvalue weighted by atomic mass is 10.1. The van der Waals surface area contributed by atoms with E-state index >= 15 is 0 Å². The van der Waals surface area contributed by atoms with Crippen molar-refractivity contribution in [2.24, 2.45) is 0 Å². The van der Waals surface area contributed by atoms with Gasteiger partial charge in [-0.25, -0.2) is 9.97 Å². The monoisotopic (exact) mass is 338 g/mol. The Bertz CT molecular complexity index is 649. The van der Waals surface area contributed by atoms with Gasteiger partial charge < -0.3 is 15.4 Å². The van der Waals surface area contributed by atoms with E-state index in [2.05, 4.69) is 20.6 Å². The van der Waals surface area contributed by atoms with E-state index in [4.69, 9.17) is 4.74 Å². The van der Waals surface area contributed by atoms with Crippen LogP contribution in [0.1, 0.15) is 11.1 Å². The molecule has 0 bridgehead atoms. The van der Waals surface area contributed by atoms with Crippen molar-refractivity contribution in [3.05, 3.63) is 53.9 Å². The molecule has 5 nitrogen and oxygen atoms in total. The number of anilines is 1. The molecule has 24 heavy (non-hydrogen) atoms. The highest BCUT2D eigenvalue weighted by molar-refractivity contribution is 5.27. The van der Waals surface area contributed by atoms with E-state index in [1.807, 2.05) is 0 Å². The van der Waals surface area contributed by atoms with Crippen LogP contribution in [0.2, 0.25) is 0 Å². The average Bonchev–Trinajstić information content (AvgIpc) is 3.00. The molecule has 2 heterocycles. The predicted octanol–water partition coefficient (Wildman–Crippen LogP) is 2.46. The fourth-order valence-electron chi connectivity index (χ4n) is 2.51. The van der Waals surface area contributed by atoms with Gasteiger partial charge in [-0.1, -0.05) is 12.1 Å². The number of hydrogen-bond donors (Lipinski definition) is 2. The van der Waals surface area contributed by atoms with E-state index in [1.165, 1.54) is 12.1 Å². The number of benzene rings is 1. The molecule has 1 aromatic carbocycles. The fourth-order valence-corrected chi connectivity index (χ4v) is 2.51. The van der Waals surface area contributed by atoms with Crippen molar-refractivity contribution in [3.8, 4) is 0 Å². The Morgan fingerprint density at radius 2 is 1.83 bits per heavy atom. The van der Waals surface area contributed by atoms with Crippen LogP contribution in [-0.4, -0.2) is 35.2 Å². The second kappa shape index (κ2) is 7.14. The molecule has 3 rings (SSSR count). The average molecular weight is 338 g/mol. The number of nitrogens with one attached hydrogen (secondary N) is 2. The van der Waals surface area contributed by atoms with Gasteiger partial charge in [0.1, 0.15) is 0 Å². The largest absolute Gasteiger partial charge is 0.416 e. The van der Waals surface area contributed by atoms with Gasteiger partial charge in [-0.2, -0.15) is 13.2 Å². The van der Waals surface area contributed by atoms with Gasteiger partial charge in [0, 0.05) is 25.5 Å². The normalized spacial score (nSPS) is 21.0. The molecular weight excluding hydrogens is 321 g/mol. The van der Waals surface area contributed by atoms with Crippen LogP contribution in [0.5, 0.6) is 0 Å². The third-order valence-corrected chi connectivity index (χ3v) is 3.78. The lowest BCUT2D eigenvalue weighted by molar-refractivity contribution is -0.137. The van der Waals surface area contributed by atoms with E-state index in [9.17, 15) is 13.2 Å². The summed E-state index contributed by atoms with van der Waals surface area (Å²) >= 11 is 0. The number of hydrogen-bond acceptors (Lipinski definition) is 5. The zero-order chi connectivity index (χ0) is 17.0. The number of nitrogens with zero attached hydrogens (tertiary/aromatic N) is 2. The van der Waals surface area contributed by atoms with Crippen LogP contribution in [0.3, 0.4) is 0 Å². The first-order valence-electron chi connectivity index (χ1n) is 7.54. The van der Waals surface area contributed by atoms with Gasteiger partial charge in [0.2, 0.25) is 5.95 Å². The summed E-state index contributed by atoms with van der Waals surface area (Å²) in [6.07, 6.45) is -1.14. The fraction of sp³-hybridized carbons (Fsp3) is 0.375. The second-order valence-corrected chi connectivity index (χ2v) is 5.53. The molecule has 1 aliphatic rings. The first-order valence-corrected chi connectivity index (χ1v) is 7.54. The lowest BCUT2D eigenvalue weighted by Crippen LogP contribution is -2.34. The number of halogens is 3. The molecule has 0 spiro atoms. The van der Waals surface area contributed by atoms with Crippen molar-refractivity contribution >= 4 is 5.95 Å². The molecule has 2 aromatic rings. The van der Waals surface area contributed by atoms with E-state index in [0.29, 0.717) is 24.6 Å². The number of rotatable bonds is 5. The topological polar surface area (TPSA) is 59.1 Å². The molecule has 2 unspecified atom stereocenters. The molecule has 1 aliphatic heterocycles. The first kappa shape index (κ1) is 16.7. The molecule has 0 amide bonds. The van der Waals surface area contributed by atoms with Gasteiger partial charge >= 0.3 is 6.18 Å². The molecule has 2 N–H and O–H groups in total. The highest BCUT2D eigenvalue weighted by atomic mass is 19.4. The SMILES string of the molecule is FC(F)(F)c1ccc(COC2CNCC2Nc2ncccn2)cc1. The molecule has 0 saturated carbocycles. The smallest absolute Gasteiger partial charge is 0.370 e. The van der Waals surface area contributed by atoms with E-state index in [1.54, 1.807) is 18.5 Å². The van der Waals surface area contributed by atoms with Crippen molar-refractivity contribution in [1.29, 1.82) is 0 Å². The molecule has 1 saturated heterocycles. The van der Waals surface area contributed by atoms with Crippen LogP contribution < -0.4 is 10.6 Å². The molecule has 0 radical (unpaired) electrons. The van der Waals surface area contributed by atoms with Gasteiger partial charge in [-0.3, -0.25) is 0 Å². The van der Waals surface area contributed by atoms with Crippen molar-refractivity contribution in [2.75, 3.05) is 18.4 Å². The summed E-state index contributed by atoms with van der Waals surface area (Å²) < 4.78 is 43.5. The maximum absolute atomic E-state index is 12.5. The summed E-state index contributed by atoms with van der Waals surface area (Å²) in [6, 6.07) is 6.75. The minimum atomic E-state index is -4.32. The van der Waals surface area contributed by atoms with Gasteiger partial charge in [-0.15, -0.1) is 0 Å². The molecule has 128 valence electrons. The third-order valence-electron chi connectivity index (χ3n) is 3.78. The maximum Gasteiger partial charge on any atom is 0.416 e. The molecule has 1 fully saturated rings. The zero-order valence-corrected chi connectivity index (χ0v) is 12.8. The Kier molecular flexibility index (Phi) is 4.96. The summed E-state index contributed by atoms with van der Waals surface area (Å²) in [5, 5.41) is 6.41. The van der Waals surface area contributed by atoms with Crippen LogP contribution in [0.25, 0.3) is 0 Å². The van der Waals surface area contributed by atoms with Gasteiger partial charge in [0.15, 0.2) is 0 Å². The Labute approximate surface area is 137 Å². The highest BCUT2D eigenvalue weighted by Crippen LogP contribution is 2.29. The van der Waals surface area contributed by atoms with E-state index in [-0.39, 0.29) is 18.8 Å². The third kappa shape index (κ3) is 4.21. The minimum absolute atomic E-state index is 0.00171. The second-order valence-electron chi connectivity index (χ2n) is 5.53. The Morgan fingerprint density at radius 3 is 2.50 bits per heavy atom. The minimum Gasteiger partial charge on any atom is -0.370 e. The number of alkyl halides is 3. The molecular formula is C16H17F3N4O. The summed E-state index contributed by atoms with van der Waals surface area (Å²) in [6.45, 7) is 1.61. The predicted molar refractivity (Wildman–Crippen MR) is 82.3 cm³/mol. The first-order chi connectivity index (χ1) is 11.5. The van der Waals surface area contributed by atoms with Crippen LogP contribution in [-0.2, 0) is 17.5 Å². The van der Waals surface area contributed by atoms with E-state index < -0.39 is 11.7 Å². The molecule has 1 aromatic heterocycles. The Hall–Kier alpha value is -2.19. The van der Waals surface area contributed by atoms with Crippen molar-refractivity contribution in [3.63, 3.8) is 0 Å². The van der Waals surface area contributed by atoms with Crippen molar-refractivity contribution in [2.45, 2.75) is 24.9 Å². The summed E-state index contributed by atoms with van der Waals surface area (Å²) in [5.74, 6) is 0.523. The summed E-state index contributed by atoms with van der Waals surface area (Å²) in [5.41, 5.74) is 0.0409. The quantitative estimate of drug-likeness (QED) is 0.877. The highest BCUT2D eigenvalue weighted by Gasteiger charge is 2.30. The van der Waals surface area contributed by atoms with Crippen LogP contribution in [0.4, 0.5) is 19.1 Å². The molecule has 0 aliphatic carbocycles. The maximum atomic E-state index is 12.5. The van der Waals surface area contributed by atoms with Gasteiger partial charge in [0.25, 0.3) is 0 Å².